The molecule has 7 heteroatoms. The van der Waals surface area contributed by atoms with Gasteiger partial charge in [-0.1, -0.05) is 53.8 Å². The first kappa shape index (κ1) is 21.8. The van der Waals surface area contributed by atoms with Crippen LogP contribution < -0.4 is 19.6 Å². The summed E-state index contributed by atoms with van der Waals surface area (Å²) in [6, 6.07) is 16.4. The predicted octanol–water partition coefficient (Wildman–Crippen LogP) is 3.20. The Morgan fingerprint density at radius 3 is 2.44 bits per heavy atom. The van der Waals surface area contributed by atoms with Gasteiger partial charge in [0.1, 0.15) is 5.75 Å². The molecular formula is C25H24N2O4S. The average Bonchev–Trinajstić information content (AvgIpc) is 3.07. The lowest BCUT2D eigenvalue weighted by Gasteiger charge is -2.25. The molecule has 0 saturated heterocycles. The quantitative estimate of drug-likeness (QED) is 0.562. The molecule has 4 rings (SSSR count). The molecule has 164 valence electrons. The summed E-state index contributed by atoms with van der Waals surface area (Å²) < 4.78 is 12.9. The fourth-order valence-corrected chi connectivity index (χ4v) is 4.71. The molecule has 0 radical (unpaired) electrons. The summed E-state index contributed by atoms with van der Waals surface area (Å²) in [7, 11) is 1.59. The number of rotatable bonds is 5. The second-order valence-electron chi connectivity index (χ2n) is 7.72. The second kappa shape index (κ2) is 8.96. The van der Waals surface area contributed by atoms with E-state index in [9.17, 15) is 9.59 Å². The first-order chi connectivity index (χ1) is 15.4. The molecule has 6 nitrogen and oxygen atoms in total. The Hall–Kier alpha value is -3.45. The number of hydrogen-bond acceptors (Lipinski definition) is 6. The SMILES string of the molecule is COc1ccc(C2C(C(=O)OC(C)C)=C(C)N=c3sc(=Cc4ccccc4)c(=O)n32)cc1. The van der Waals surface area contributed by atoms with E-state index in [0.29, 0.717) is 26.4 Å². The van der Waals surface area contributed by atoms with E-state index in [0.717, 1.165) is 11.1 Å². The van der Waals surface area contributed by atoms with Gasteiger partial charge in [-0.05, 0) is 50.1 Å². The molecule has 1 unspecified atom stereocenters. The number of carbonyl (C=O) groups excluding carboxylic acids is 1. The van der Waals surface area contributed by atoms with E-state index in [1.54, 1.807) is 32.4 Å². The van der Waals surface area contributed by atoms with Gasteiger partial charge in [0.05, 0.1) is 35.1 Å². The topological polar surface area (TPSA) is 69.9 Å². The Morgan fingerprint density at radius 1 is 1.12 bits per heavy atom. The Kier molecular flexibility index (Phi) is 6.10. The number of ether oxygens (including phenoxy) is 2. The number of fused-ring (bicyclic) bond motifs is 1. The number of methoxy groups -OCH3 is 1. The van der Waals surface area contributed by atoms with Crippen molar-refractivity contribution < 1.29 is 14.3 Å². The molecule has 0 saturated carbocycles. The molecule has 2 aromatic carbocycles. The largest absolute Gasteiger partial charge is 0.497 e. The highest BCUT2D eigenvalue weighted by Gasteiger charge is 2.33. The van der Waals surface area contributed by atoms with E-state index >= 15 is 0 Å². The first-order valence-corrected chi connectivity index (χ1v) is 11.1. The summed E-state index contributed by atoms with van der Waals surface area (Å²) in [6.07, 6.45) is 1.56. The van der Waals surface area contributed by atoms with Crippen LogP contribution in [0.25, 0.3) is 6.08 Å². The van der Waals surface area contributed by atoms with Gasteiger partial charge < -0.3 is 9.47 Å². The maximum absolute atomic E-state index is 13.5. The lowest BCUT2D eigenvalue weighted by molar-refractivity contribution is -0.143. The van der Waals surface area contributed by atoms with E-state index in [-0.39, 0.29) is 11.7 Å². The lowest BCUT2D eigenvalue weighted by atomic mass is 9.96. The van der Waals surface area contributed by atoms with Gasteiger partial charge in [0.25, 0.3) is 5.56 Å². The molecule has 1 aliphatic heterocycles. The summed E-state index contributed by atoms with van der Waals surface area (Å²) in [5.74, 6) is 0.219. The molecule has 0 N–H and O–H groups in total. The minimum atomic E-state index is -0.638. The van der Waals surface area contributed by atoms with Gasteiger partial charge in [-0.25, -0.2) is 9.79 Å². The number of allylic oxidation sites excluding steroid dienone is 1. The number of hydrogen-bond donors (Lipinski definition) is 0. The van der Waals surface area contributed by atoms with Crippen molar-refractivity contribution in [3.05, 3.63) is 96.7 Å². The summed E-state index contributed by atoms with van der Waals surface area (Å²) in [4.78, 5) is 31.7. The predicted molar refractivity (Wildman–Crippen MR) is 124 cm³/mol. The highest BCUT2D eigenvalue weighted by atomic mass is 32.1. The van der Waals surface area contributed by atoms with Crippen LogP contribution in [-0.4, -0.2) is 23.8 Å². The van der Waals surface area contributed by atoms with E-state index in [4.69, 9.17) is 9.47 Å². The monoisotopic (exact) mass is 448 g/mol. The van der Waals surface area contributed by atoms with Crippen LogP contribution in [0.4, 0.5) is 0 Å². The van der Waals surface area contributed by atoms with Crippen LogP contribution in [0, 0.1) is 0 Å². The van der Waals surface area contributed by atoms with E-state index in [1.807, 2.05) is 60.7 Å². The molecule has 0 fully saturated rings. The van der Waals surface area contributed by atoms with Crippen LogP contribution in [-0.2, 0) is 9.53 Å². The van der Waals surface area contributed by atoms with Crippen molar-refractivity contribution in [2.24, 2.45) is 4.99 Å². The third-order valence-electron chi connectivity index (χ3n) is 5.11. The molecule has 0 amide bonds. The molecule has 0 bridgehead atoms. The number of carbonyl (C=O) groups is 1. The smallest absolute Gasteiger partial charge is 0.338 e. The fourth-order valence-electron chi connectivity index (χ4n) is 3.66. The molecule has 1 atom stereocenters. The Morgan fingerprint density at radius 2 is 1.81 bits per heavy atom. The minimum absolute atomic E-state index is 0.194. The minimum Gasteiger partial charge on any atom is -0.497 e. The van der Waals surface area contributed by atoms with Crippen LogP contribution in [0.15, 0.2) is 75.7 Å². The average molecular weight is 449 g/mol. The molecule has 1 aliphatic rings. The number of aromatic nitrogens is 1. The Bertz CT molecular complexity index is 1350. The second-order valence-corrected chi connectivity index (χ2v) is 8.73. The molecular weight excluding hydrogens is 424 g/mol. The maximum Gasteiger partial charge on any atom is 0.338 e. The van der Waals surface area contributed by atoms with Crippen LogP contribution in [0.2, 0.25) is 0 Å². The van der Waals surface area contributed by atoms with Crippen molar-refractivity contribution in [2.75, 3.05) is 7.11 Å². The number of benzene rings is 2. The number of esters is 1. The van der Waals surface area contributed by atoms with Crippen molar-refractivity contribution in [3.63, 3.8) is 0 Å². The number of nitrogens with zero attached hydrogens (tertiary/aromatic N) is 2. The van der Waals surface area contributed by atoms with Crippen molar-refractivity contribution in [2.45, 2.75) is 32.9 Å². The van der Waals surface area contributed by atoms with Crippen LogP contribution in [0.1, 0.15) is 37.9 Å². The van der Waals surface area contributed by atoms with Gasteiger partial charge in [-0.15, -0.1) is 0 Å². The van der Waals surface area contributed by atoms with Crippen molar-refractivity contribution in [1.29, 1.82) is 0 Å². The van der Waals surface area contributed by atoms with Gasteiger partial charge in [0.15, 0.2) is 4.80 Å². The summed E-state index contributed by atoms with van der Waals surface area (Å²) >= 11 is 1.31. The third-order valence-corrected chi connectivity index (χ3v) is 6.10. The van der Waals surface area contributed by atoms with Crippen molar-refractivity contribution in [3.8, 4) is 5.75 Å². The fraction of sp³-hybridized carbons (Fsp3) is 0.240. The molecule has 3 aromatic rings. The molecule has 0 aliphatic carbocycles. The summed E-state index contributed by atoms with van der Waals surface area (Å²) in [6.45, 7) is 5.37. The van der Waals surface area contributed by atoms with Gasteiger partial charge in [0.2, 0.25) is 0 Å². The first-order valence-electron chi connectivity index (χ1n) is 10.3. The van der Waals surface area contributed by atoms with Gasteiger partial charge >= 0.3 is 5.97 Å². The third kappa shape index (κ3) is 4.16. The highest BCUT2D eigenvalue weighted by Crippen LogP contribution is 2.31. The molecule has 0 spiro atoms. The summed E-state index contributed by atoms with van der Waals surface area (Å²) in [5.41, 5.74) is 2.42. The summed E-state index contributed by atoms with van der Waals surface area (Å²) in [5, 5.41) is 0. The highest BCUT2D eigenvalue weighted by molar-refractivity contribution is 7.07. The normalized spacial score (nSPS) is 16.0. The van der Waals surface area contributed by atoms with Crippen LogP contribution in [0.5, 0.6) is 5.75 Å². The van der Waals surface area contributed by atoms with Crippen molar-refractivity contribution in [1.82, 2.24) is 4.57 Å². The standard InChI is InChI=1S/C25H24N2O4S/c1-15(2)31-24(29)21-16(3)26-25-27(22(21)18-10-12-19(30-4)13-11-18)23(28)20(32-25)14-17-8-6-5-7-9-17/h5-15,22H,1-4H3. The van der Waals surface area contributed by atoms with Gasteiger partial charge in [0, 0.05) is 0 Å². The molecule has 2 heterocycles. The maximum atomic E-state index is 13.5. The van der Waals surface area contributed by atoms with E-state index in [2.05, 4.69) is 4.99 Å². The Labute approximate surface area is 189 Å². The zero-order valence-electron chi connectivity index (χ0n) is 18.4. The van der Waals surface area contributed by atoms with Crippen LogP contribution >= 0.6 is 11.3 Å². The molecule has 1 aromatic heterocycles. The van der Waals surface area contributed by atoms with E-state index < -0.39 is 12.0 Å². The molecule has 32 heavy (non-hydrogen) atoms. The van der Waals surface area contributed by atoms with Gasteiger partial charge in [-0.3, -0.25) is 9.36 Å². The number of thiazole rings is 1. The van der Waals surface area contributed by atoms with Gasteiger partial charge in [-0.2, -0.15) is 0 Å². The lowest BCUT2D eigenvalue weighted by Crippen LogP contribution is -2.40. The Balaban J connectivity index is 1.94. The van der Waals surface area contributed by atoms with Crippen LogP contribution in [0.3, 0.4) is 0 Å². The zero-order chi connectivity index (χ0) is 22.8. The zero-order valence-corrected chi connectivity index (χ0v) is 19.2. The van der Waals surface area contributed by atoms with E-state index in [1.165, 1.54) is 11.3 Å². The van der Waals surface area contributed by atoms with Crippen molar-refractivity contribution >= 4 is 23.4 Å².